The van der Waals surface area contributed by atoms with Gasteiger partial charge in [-0.1, -0.05) is 58.4 Å². The highest BCUT2D eigenvalue weighted by Crippen LogP contribution is 2.28. The summed E-state index contributed by atoms with van der Waals surface area (Å²) in [5.74, 6) is 0. The maximum Gasteiger partial charge on any atom is 0.0395 e. The minimum Gasteiger partial charge on any atom is -0.0839 e. The molecule has 0 nitrogen and oxygen atoms in total. The summed E-state index contributed by atoms with van der Waals surface area (Å²) in [6, 6.07) is 19.5. The number of aryl methyl sites for hydroxylation is 1. The van der Waals surface area contributed by atoms with Crippen LogP contribution in [0.4, 0.5) is 0 Å². The molecule has 0 N–H and O–H groups in total. The van der Waals surface area contributed by atoms with Crippen molar-refractivity contribution < 1.29 is 0 Å². The molecule has 0 saturated carbocycles. The van der Waals surface area contributed by atoms with Gasteiger partial charge in [-0.05, 0) is 65.1 Å². The molecule has 0 bridgehead atoms. The van der Waals surface area contributed by atoms with E-state index in [0.717, 1.165) is 6.42 Å². The normalized spacial score (nSPS) is 12.3. The van der Waals surface area contributed by atoms with E-state index in [9.17, 15) is 0 Å². The zero-order valence-electron chi connectivity index (χ0n) is 10.2. The van der Waals surface area contributed by atoms with Gasteiger partial charge in [0.2, 0.25) is 0 Å². The molecule has 18 heavy (non-hydrogen) atoms. The SMILES string of the molecule is BrC(CCCc1ccc(I)cc1)c1ccccc1. The van der Waals surface area contributed by atoms with Gasteiger partial charge in [-0.3, -0.25) is 0 Å². The number of hydrogen-bond donors (Lipinski definition) is 0. The summed E-state index contributed by atoms with van der Waals surface area (Å²) in [5, 5.41) is 0. The van der Waals surface area contributed by atoms with Gasteiger partial charge in [0.05, 0.1) is 0 Å². The molecule has 0 fully saturated rings. The number of halogens is 2. The molecule has 94 valence electrons. The average Bonchev–Trinajstić information content (AvgIpc) is 2.42. The van der Waals surface area contributed by atoms with Crippen LogP contribution >= 0.6 is 38.5 Å². The lowest BCUT2D eigenvalue weighted by Gasteiger charge is -2.09. The van der Waals surface area contributed by atoms with Crippen LogP contribution in [0, 0.1) is 3.57 Å². The van der Waals surface area contributed by atoms with E-state index in [-0.39, 0.29) is 0 Å². The van der Waals surface area contributed by atoms with Crippen LogP contribution in [0.5, 0.6) is 0 Å². The molecule has 0 amide bonds. The van der Waals surface area contributed by atoms with Crippen LogP contribution in [-0.4, -0.2) is 0 Å². The quantitative estimate of drug-likeness (QED) is 0.431. The number of alkyl halides is 1. The lowest BCUT2D eigenvalue weighted by Crippen LogP contribution is -1.92. The summed E-state index contributed by atoms with van der Waals surface area (Å²) < 4.78 is 1.30. The van der Waals surface area contributed by atoms with E-state index in [2.05, 4.69) is 93.1 Å². The van der Waals surface area contributed by atoms with Crippen molar-refractivity contribution in [1.82, 2.24) is 0 Å². The molecular weight excluding hydrogens is 399 g/mol. The Kier molecular flexibility index (Phi) is 5.70. The summed E-state index contributed by atoms with van der Waals surface area (Å²) in [5.41, 5.74) is 2.81. The molecule has 0 radical (unpaired) electrons. The standard InChI is InChI=1S/C16H16BrI/c17-16(14-6-2-1-3-7-14)8-4-5-13-9-11-15(18)12-10-13/h1-3,6-7,9-12,16H,4-5,8H2. The maximum absolute atomic E-state index is 3.77. The van der Waals surface area contributed by atoms with Crippen molar-refractivity contribution in [3.05, 3.63) is 69.3 Å². The Morgan fingerprint density at radius 3 is 2.28 bits per heavy atom. The molecule has 0 heterocycles. The largest absolute Gasteiger partial charge is 0.0839 e. The third-order valence-electron chi connectivity index (χ3n) is 3.00. The molecule has 0 aromatic heterocycles. The van der Waals surface area contributed by atoms with Gasteiger partial charge in [-0.2, -0.15) is 0 Å². The number of hydrogen-bond acceptors (Lipinski definition) is 0. The number of rotatable bonds is 5. The van der Waals surface area contributed by atoms with Crippen LogP contribution < -0.4 is 0 Å². The van der Waals surface area contributed by atoms with Gasteiger partial charge in [0.25, 0.3) is 0 Å². The maximum atomic E-state index is 3.77. The highest BCUT2D eigenvalue weighted by Gasteiger charge is 2.06. The molecule has 2 rings (SSSR count). The summed E-state index contributed by atoms with van der Waals surface area (Å²) in [4.78, 5) is 0.475. The highest BCUT2D eigenvalue weighted by molar-refractivity contribution is 14.1. The van der Waals surface area contributed by atoms with Crippen LogP contribution in [0.15, 0.2) is 54.6 Å². The topological polar surface area (TPSA) is 0 Å². The van der Waals surface area contributed by atoms with Gasteiger partial charge in [0.1, 0.15) is 0 Å². The van der Waals surface area contributed by atoms with Crippen molar-refractivity contribution in [3.8, 4) is 0 Å². The second-order valence-electron chi connectivity index (χ2n) is 4.40. The second-order valence-corrected chi connectivity index (χ2v) is 6.75. The Balaban J connectivity index is 1.80. The van der Waals surface area contributed by atoms with Crippen molar-refractivity contribution in [2.45, 2.75) is 24.1 Å². The first-order chi connectivity index (χ1) is 8.75. The lowest BCUT2D eigenvalue weighted by molar-refractivity contribution is 0.729. The van der Waals surface area contributed by atoms with E-state index >= 15 is 0 Å². The van der Waals surface area contributed by atoms with Crippen LogP contribution in [0.25, 0.3) is 0 Å². The first kappa shape index (κ1) is 14.1. The molecule has 0 aliphatic carbocycles. The zero-order chi connectivity index (χ0) is 12.8. The predicted octanol–water partition coefficient (Wildman–Crippen LogP) is 5.75. The second kappa shape index (κ2) is 7.29. The Bertz CT molecular complexity index is 464. The monoisotopic (exact) mass is 414 g/mol. The molecule has 0 aliphatic heterocycles. The van der Waals surface area contributed by atoms with Crippen molar-refractivity contribution in [2.75, 3.05) is 0 Å². The van der Waals surface area contributed by atoms with Gasteiger partial charge in [-0.15, -0.1) is 0 Å². The first-order valence-electron chi connectivity index (χ1n) is 6.19. The predicted molar refractivity (Wildman–Crippen MR) is 90.2 cm³/mol. The molecule has 2 aromatic rings. The Hall–Kier alpha value is -0.350. The molecule has 0 saturated heterocycles. The van der Waals surface area contributed by atoms with E-state index in [1.165, 1.54) is 27.5 Å². The molecule has 2 aromatic carbocycles. The molecule has 1 unspecified atom stereocenters. The van der Waals surface area contributed by atoms with E-state index in [0.29, 0.717) is 4.83 Å². The lowest BCUT2D eigenvalue weighted by atomic mass is 10.0. The van der Waals surface area contributed by atoms with Gasteiger partial charge >= 0.3 is 0 Å². The van der Waals surface area contributed by atoms with E-state index in [4.69, 9.17) is 0 Å². The molecule has 0 spiro atoms. The smallest absolute Gasteiger partial charge is 0.0395 e. The summed E-state index contributed by atoms with van der Waals surface area (Å²) in [6.45, 7) is 0. The van der Waals surface area contributed by atoms with Crippen molar-refractivity contribution >= 4 is 38.5 Å². The van der Waals surface area contributed by atoms with E-state index < -0.39 is 0 Å². The minimum atomic E-state index is 0.475. The van der Waals surface area contributed by atoms with Gasteiger partial charge in [0.15, 0.2) is 0 Å². The fraction of sp³-hybridized carbons (Fsp3) is 0.250. The van der Waals surface area contributed by atoms with Crippen molar-refractivity contribution in [1.29, 1.82) is 0 Å². The molecule has 1 atom stereocenters. The number of benzene rings is 2. The van der Waals surface area contributed by atoms with Gasteiger partial charge in [-0.25, -0.2) is 0 Å². The van der Waals surface area contributed by atoms with Crippen molar-refractivity contribution in [3.63, 3.8) is 0 Å². The van der Waals surface area contributed by atoms with E-state index in [1.54, 1.807) is 0 Å². The molecule has 0 aliphatic rings. The fourth-order valence-corrected chi connectivity index (χ4v) is 2.95. The molecular formula is C16H16BrI. The third-order valence-corrected chi connectivity index (χ3v) is 4.70. The van der Waals surface area contributed by atoms with Crippen molar-refractivity contribution in [2.24, 2.45) is 0 Å². The van der Waals surface area contributed by atoms with Crippen LogP contribution in [-0.2, 0) is 6.42 Å². The first-order valence-corrected chi connectivity index (χ1v) is 8.18. The minimum absolute atomic E-state index is 0.475. The highest BCUT2D eigenvalue weighted by atomic mass is 127. The molecule has 2 heteroatoms. The van der Waals surface area contributed by atoms with Crippen LogP contribution in [0.1, 0.15) is 28.8 Å². The Morgan fingerprint density at radius 1 is 0.944 bits per heavy atom. The summed E-state index contributed by atoms with van der Waals surface area (Å²) in [6.07, 6.45) is 3.55. The van der Waals surface area contributed by atoms with Gasteiger partial charge in [0, 0.05) is 8.40 Å². The van der Waals surface area contributed by atoms with Crippen LogP contribution in [0.3, 0.4) is 0 Å². The third kappa shape index (κ3) is 4.39. The zero-order valence-corrected chi connectivity index (χ0v) is 13.9. The Labute approximate surface area is 131 Å². The van der Waals surface area contributed by atoms with Crippen LogP contribution in [0.2, 0.25) is 0 Å². The van der Waals surface area contributed by atoms with Gasteiger partial charge < -0.3 is 0 Å². The summed E-state index contributed by atoms with van der Waals surface area (Å²) >= 11 is 6.11. The Morgan fingerprint density at radius 2 is 1.61 bits per heavy atom. The summed E-state index contributed by atoms with van der Waals surface area (Å²) in [7, 11) is 0. The van der Waals surface area contributed by atoms with E-state index in [1.807, 2.05) is 0 Å². The average molecular weight is 415 g/mol. The fourth-order valence-electron chi connectivity index (χ4n) is 1.97.